The fourth-order valence-electron chi connectivity index (χ4n) is 0.811. The van der Waals surface area contributed by atoms with Crippen molar-refractivity contribution >= 4 is 5.91 Å². The zero-order valence-corrected chi connectivity index (χ0v) is 6.95. The van der Waals surface area contributed by atoms with Crippen molar-refractivity contribution in [3.63, 3.8) is 0 Å². The second kappa shape index (κ2) is 3.80. The first-order chi connectivity index (χ1) is 5.72. The number of primary amides is 1. The van der Waals surface area contributed by atoms with E-state index in [1.54, 1.807) is 12.4 Å². The highest BCUT2D eigenvalue weighted by molar-refractivity contribution is 5.75. The fraction of sp³-hybridized carbons (Fsp3) is 0.375. The van der Waals surface area contributed by atoms with Gasteiger partial charge in [0.2, 0.25) is 5.91 Å². The van der Waals surface area contributed by atoms with Crippen LogP contribution in [-0.4, -0.2) is 15.9 Å². The third-order valence-corrected chi connectivity index (χ3v) is 1.50. The van der Waals surface area contributed by atoms with Crippen LogP contribution in [0.2, 0.25) is 0 Å². The highest BCUT2D eigenvalue weighted by Crippen LogP contribution is 1.96. The van der Waals surface area contributed by atoms with E-state index >= 15 is 0 Å². The van der Waals surface area contributed by atoms with Gasteiger partial charge in [-0.05, 0) is 12.0 Å². The van der Waals surface area contributed by atoms with E-state index in [9.17, 15) is 4.79 Å². The minimum atomic E-state index is -0.403. The van der Waals surface area contributed by atoms with Crippen LogP contribution in [0.3, 0.4) is 0 Å². The number of hydrogen-bond donors (Lipinski definition) is 1. The molecule has 0 radical (unpaired) electrons. The van der Waals surface area contributed by atoms with E-state index in [4.69, 9.17) is 5.73 Å². The molecule has 0 atom stereocenters. The number of carbonyl (C=O) groups is 1. The van der Waals surface area contributed by atoms with E-state index < -0.39 is 5.91 Å². The third kappa shape index (κ3) is 2.30. The highest BCUT2D eigenvalue weighted by Gasteiger charge is 2.00. The monoisotopic (exact) mass is 165 g/mol. The van der Waals surface area contributed by atoms with Gasteiger partial charge in [0.25, 0.3) is 0 Å². The number of nitrogens with zero attached hydrogens (tertiary/aromatic N) is 2. The Balaban J connectivity index is 2.71. The molecule has 1 aromatic rings. The lowest BCUT2D eigenvalue weighted by Crippen LogP contribution is -2.15. The molecule has 4 nitrogen and oxygen atoms in total. The molecule has 0 aliphatic carbocycles. The summed E-state index contributed by atoms with van der Waals surface area (Å²) in [7, 11) is 0. The van der Waals surface area contributed by atoms with Gasteiger partial charge in [0.1, 0.15) is 5.82 Å². The summed E-state index contributed by atoms with van der Waals surface area (Å²) in [6.07, 6.45) is 4.44. The predicted molar refractivity (Wildman–Crippen MR) is 44.3 cm³/mol. The normalized spacial score (nSPS) is 9.75. The van der Waals surface area contributed by atoms with Gasteiger partial charge in [-0.2, -0.15) is 0 Å². The molecule has 0 aliphatic rings. The molecule has 1 rings (SSSR count). The number of aryl methyl sites for hydroxylation is 1. The van der Waals surface area contributed by atoms with Gasteiger partial charge < -0.3 is 5.73 Å². The molecule has 64 valence electrons. The standard InChI is InChI=1S/C8H11N3O/c1-2-6-4-10-8(11-5-6)3-7(9)12/h4-5H,2-3H2,1H3,(H2,9,12). The molecule has 4 heteroatoms. The van der Waals surface area contributed by atoms with Crippen LogP contribution >= 0.6 is 0 Å². The van der Waals surface area contributed by atoms with E-state index in [1.807, 2.05) is 6.92 Å². The molecule has 0 fully saturated rings. The average Bonchev–Trinajstić information content (AvgIpc) is 2.05. The van der Waals surface area contributed by atoms with Gasteiger partial charge in [-0.15, -0.1) is 0 Å². The molecule has 0 aromatic carbocycles. The van der Waals surface area contributed by atoms with Crippen LogP contribution in [-0.2, 0) is 17.6 Å². The van der Waals surface area contributed by atoms with E-state index in [-0.39, 0.29) is 6.42 Å². The molecule has 0 aliphatic heterocycles. The minimum absolute atomic E-state index is 0.115. The van der Waals surface area contributed by atoms with E-state index in [1.165, 1.54) is 0 Å². The van der Waals surface area contributed by atoms with Crippen LogP contribution in [0, 0.1) is 0 Å². The Morgan fingerprint density at radius 1 is 1.50 bits per heavy atom. The maximum atomic E-state index is 10.5. The number of carbonyl (C=O) groups excluding carboxylic acids is 1. The molecule has 0 bridgehead atoms. The summed E-state index contributed by atoms with van der Waals surface area (Å²) in [5, 5.41) is 0. The smallest absolute Gasteiger partial charge is 0.225 e. The number of hydrogen-bond acceptors (Lipinski definition) is 3. The summed E-state index contributed by atoms with van der Waals surface area (Å²) in [5.74, 6) is 0.0824. The number of aromatic nitrogens is 2. The SMILES string of the molecule is CCc1cnc(CC(N)=O)nc1. The molecular formula is C8H11N3O. The Labute approximate surface area is 70.8 Å². The van der Waals surface area contributed by atoms with Gasteiger partial charge in [-0.25, -0.2) is 9.97 Å². The van der Waals surface area contributed by atoms with Crippen molar-refractivity contribution in [2.24, 2.45) is 5.73 Å². The number of nitrogens with two attached hydrogens (primary N) is 1. The largest absolute Gasteiger partial charge is 0.369 e. The summed E-state index contributed by atoms with van der Waals surface area (Å²) >= 11 is 0. The van der Waals surface area contributed by atoms with Crippen molar-refractivity contribution in [3.8, 4) is 0 Å². The van der Waals surface area contributed by atoms with Gasteiger partial charge in [0.05, 0.1) is 6.42 Å². The maximum absolute atomic E-state index is 10.5. The molecule has 12 heavy (non-hydrogen) atoms. The van der Waals surface area contributed by atoms with Crippen molar-refractivity contribution in [1.82, 2.24) is 9.97 Å². The fourth-order valence-corrected chi connectivity index (χ4v) is 0.811. The predicted octanol–water partition coefficient (Wildman–Crippen LogP) is 0.0668. The summed E-state index contributed by atoms with van der Waals surface area (Å²) in [6, 6.07) is 0. The van der Waals surface area contributed by atoms with E-state index in [2.05, 4.69) is 9.97 Å². The third-order valence-electron chi connectivity index (χ3n) is 1.50. The molecule has 0 saturated carbocycles. The average molecular weight is 165 g/mol. The van der Waals surface area contributed by atoms with E-state index in [0.29, 0.717) is 5.82 Å². The zero-order chi connectivity index (χ0) is 8.97. The molecular weight excluding hydrogens is 154 g/mol. The Morgan fingerprint density at radius 2 is 2.08 bits per heavy atom. The summed E-state index contributed by atoms with van der Waals surface area (Å²) in [4.78, 5) is 18.4. The number of rotatable bonds is 3. The maximum Gasteiger partial charge on any atom is 0.225 e. The van der Waals surface area contributed by atoms with Crippen LogP contribution < -0.4 is 5.73 Å². The first-order valence-electron chi connectivity index (χ1n) is 3.80. The highest BCUT2D eigenvalue weighted by atomic mass is 16.1. The lowest BCUT2D eigenvalue weighted by molar-refractivity contribution is -0.117. The van der Waals surface area contributed by atoms with Gasteiger partial charge >= 0.3 is 0 Å². The van der Waals surface area contributed by atoms with Crippen LogP contribution in [0.1, 0.15) is 18.3 Å². The lowest BCUT2D eigenvalue weighted by Gasteiger charge is -1.97. The van der Waals surface area contributed by atoms with E-state index in [0.717, 1.165) is 12.0 Å². The van der Waals surface area contributed by atoms with Crippen molar-refractivity contribution in [2.75, 3.05) is 0 Å². The van der Waals surface area contributed by atoms with Gasteiger partial charge in [-0.3, -0.25) is 4.79 Å². The van der Waals surface area contributed by atoms with Gasteiger partial charge in [-0.1, -0.05) is 6.92 Å². The molecule has 1 heterocycles. The molecule has 1 aromatic heterocycles. The topological polar surface area (TPSA) is 68.9 Å². The number of amides is 1. The Morgan fingerprint density at radius 3 is 2.50 bits per heavy atom. The van der Waals surface area contributed by atoms with Crippen LogP contribution in [0.15, 0.2) is 12.4 Å². The van der Waals surface area contributed by atoms with Crippen molar-refractivity contribution in [1.29, 1.82) is 0 Å². The van der Waals surface area contributed by atoms with Gasteiger partial charge in [0, 0.05) is 12.4 Å². The van der Waals surface area contributed by atoms with Crippen molar-refractivity contribution in [3.05, 3.63) is 23.8 Å². The Kier molecular flexibility index (Phi) is 2.74. The molecule has 2 N–H and O–H groups in total. The Hall–Kier alpha value is -1.45. The molecule has 0 unspecified atom stereocenters. The zero-order valence-electron chi connectivity index (χ0n) is 6.95. The summed E-state index contributed by atoms with van der Waals surface area (Å²) in [6.45, 7) is 2.02. The first kappa shape index (κ1) is 8.64. The summed E-state index contributed by atoms with van der Waals surface area (Å²) < 4.78 is 0. The minimum Gasteiger partial charge on any atom is -0.369 e. The Bertz CT molecular complexity index is 268. The lowest BCUT2D eigenvalue weighted by atomic mass is 10.3. The first-order valence-corrected chi connectivity index (χ1v) is 3.80. The molecule has 1 amide bonds. The second-order valence-electron chi connectivity index (χ2n) is 2.50. The molecule has 0 spiro atoms. The van der Waals surface area contributed by atoms with Crippen molar-refractivity contribution < 1.29 is 4.79 Å². The summed E-state index contributed by atoms with van der Waals surface area (Å²) in [5.41, 5.74) is 6.03. The van der Waals surface area contributed by atoms with Crippen molar-refractivity contribution in [2.45, 2.75) is 19.8 Å². The molecule has 0 saturated heterocycles. The second-order valence-corrected chi connectivity index (χ2v) is 2.50. The van der Waals surface area contributed by atoms with Crippen LogP contribution in [0.25, 0.3) is 0 Å². The van der Waals surface area contributed by atoms with Gasteiger partial charge in [0.15, 0.2) is 0 Å². The van der Waals surface area contributed by atoms with Crippen LogP contribution in [0.4, 0.5) is 0 Å². The van der Waals surface area contributed by atoms with Crippen LogP contribution in [0.5, 0.6) is 0 Å². The quantitative estimate of drug-likeness (QED) is 0.688.